The first-order valence-corrected chi connectivity index (χ1v) is 8.32. The van der Waals surface area contributed by atoms with Crippen LogP contribution in [0.3, 0.4) is 0 Å². The van der Waals surface area contributed by atoms with Crippen molar-refractivity contribution in [1.82, 2.24) is 24.5 Å². The van der Waals surface area contributed by atoms with Gasteiger partial charge in [0.25, 0.3) is 0 Å². The van der Waals surface area contributed by atoms with Crippen LogP contribution >= 0.6 is 15.9 Å². The summed E-state index contributed by atoms with van der Waals surface area (Å²) < 4.78 is 4.71. The van der Waals surface area contributed by atoms with Crippen LogP contribution in [0.1, 0.15) is 11.3 Å². The number of benzene rings is 1. The van der Waals surface area contributed by atoms with Gasteiger partial charge in [0.15, 0.2) is 0 Å². The summed E-state index contributed by atoms with van der Waals surface area (Å²) in [5, 5.41) is 21.3. The van der Waals surface area contributed by atoms with Gasteiger partial charge in [0.1, 0.15) is 11.3 Å². The number of pyridine rings is 1. The van der Waals surface area contributed by atoms with E-state index in [1.54, 1.807) is 10.9 Å². The second kappa shape index (κ2) is 6.48. The molecule has 25 heavy (non-hydrogen) atoms. The van der Waals surface area contributed by atoms with Crippen molar-refractivity contribution in [3.05, 3.63) is 70.7 Å². The lowest BCUT2D eigenvalue weighted by Crippen LogP contribution is -1.99. The molecule has 3 heterocycles. The number of fused-ring (bicyclic) bond motifs is 1. The minimum absolute atomic E-state index is 0.517. The fourth-order valence-corrected chi connectivity index (χ4v) is 2.97. The van der Waals surface area contributed by atoms with E-state index >= 15 is 0 Å². The quantitative estimate of drug-likeness (QED) is 0.326. The summed E-state index contributed by atoms with van der Waals surface area (Å²) in [4.78, 5) is 4.41. The van der Waals surface area contributed by atoms with Crippen molar-refractivity contribution in [2.45, 2.75) is 6.54 Å². The van der Waals surface area contributed by atoms with Gasteiger partial charge in [0.05, 0.1) is 24.6 Å². The Morgan fingerprint density at radius 2 is 2.00 bits per heavy atom. The van der Waals surface area contributed by atoms with Gasteiger partial charge in [-0.15, -0.1) is 5.10 Å². The Labute approximate surface area is 151 Å². The molecule has 4 aromatic rings. The zero-order chi connectivity index (χ0) is 17.2. The molecule has 0 saturated heterocycles. The molecule has 0 amide bonds. The lowest BCUT2D eigenvalue weighted by Gasteiger charge is -2.01. The van der Waals surface area contributed by atoms with Crippen LogP contribution in [-0.2, 0) is 6.54 Å². The number of nitrogens with zero attached hydrogens (tertiary/aromatic N) is 6. The molecule has 0 spiro atoms. The third-order valence-electron chi connectivity index (χ3n) is 3.83. The van der Waals surface area contributed by atoms with Crippen LogP contribution in [0.2, 0.25) is 0 Å². The highest BCUT2D eigenvalue weighted by Gasteiger charge is 2.10. The highest BCUT2D eigenvalue weighted by Crippen LogP contribution is 2.19. The van der Waals surface area contributed by atoms with Gasteiger partial charge in [0, 0.05) is 27.8 Å². The van der Waals surface area contributed by atoms with Gasteiger partial charge < -0.3 is 9.77 Å². The molecule has 1 aromatic carbocycles. The van der Waals surface area contributed by atoms with E-state index < -0.39 is 0 Å². The van der Waals surface area contributed by atoms with Gasteiger partial charge in [-0.05, 0) is 36.4 Å². The summed E-state index contributed by atoms with van der Waals surface area (Å²) >= 11 is 3.42. The molecule has 0 saturated carbocycles. The van der Waals surface area contributed by atoms with Crippen LogP contribution in [0.25, 0.3) is 16.7 Å². The first-order valence-electron chi connectivity index (χ1n) is 7.53. The average molecular weight is 397 g/mol. The molecule has 0 radical (unpaired) electrons. The third kappa shape index (κ3) is 3.03. The summed E-state index contributed by atoms with van der Waals surface area (Å²) in [6, 6.07) is 11.6. The van der Waals surface area contributed by atoms with Crippen LogP contribution in [-0.4, -0.2) is 36.0 Å². The van der Waals surface area contributed by atoms with E-state index in [-0.39, 0.29) is 0 Å². The predicted molar refractivity (Wildman–Crippen MR) is 97.3 cm³/mol. The Morgan fingerprint density at radius 3 is 2.80 bits per heavy atom. The first-order chi connectivity index (χ1) is 12.2. The number of hydrogen-bond donors (Lipinski definition) is 1. The largest absolute Gasteiger partial charge is 0.411 e. The monoisotopic (exact) mass is 396 g/mol. The molecule has 0 unspecified atom stereocenters. The normalized spacial score (nSPS) is 11.6. The lowest BCUT2D eigenvalue weighted by molar-refractivity contribution is 0.322. The molecule has 0 aliphatic carbocycles. The molecule has 0 atom stereocenters. The SMILES string of the molecule is O/N=C/c1cn(Cc2cn(-c3ccc(Br)cc3)nn2)c2ncccc12. The number of rotatable bonds is 4. The highest BCUT2D eigenvalue weighted by molar-refractivity contribution is 9.10. The van der Waals surface area contributed by atoms with Crippen molar-refractivity contribution < 1.29 is 5.21 Å². The lowest BCUT2D eigenvalue weighted by atomic mass is 10.2. The maximum absolute atomic E-state index is 8.84. The fraction of sp³-hybridized carbons (Fsp3) is 0.0588. The van der Waals surface area contributed by atoms with Crippen LogP contribution in [0.15, 0.2) is 64.6 Å². The molecule has 0 aliphatic rings. The van der Waals surface area contributed by atoms with Gasteiger partial charge in [-0.1, -0.05) is 26.3 Å². The van der Waals surface area contributed by atoms with Crippen molar-refractivity contribution >= 4 is 33.2 Å². The second-order valence-corrected chi connectivity index (χ2v) is 6.38. The number of halogens is 1. The predicted octanol–water partition coefficient (Wildman–Crippen LogP) is 3.24. The van der Waals surface area contributed by atoms with E-state index in [4.69, 9.17) is 5.21 Å². The molecular formula is C17H13BrN6O. The number of aromatic nitrogens is 5. The van der Waals surface area contributed by atoms with Crippen molar-refractivity contribution in [1.29, 1.82) is 0 Å². The molecule has 0 aliphatic heterocycles. The summed E-state index contributed by atoms with van der Waals surface area (Å²) in [5.74, 6) is 0. The van der Waals surface area contributed by atoms with E-state index in [9.17, 15) is 0 Å². The Hall–Kier alpha value is -3.00. The number of oxime groups is 1. The van der Waals surface area contributed by atoms with Gasteiger partial charge in [0.2, 0.25) is 0 Å². The third-order valence-corrected chi connectivity index (χ3v) is 4.35. The van der Waals surface area contributed by atoms with Crippen LogP contribution in [0.5, 0.6) is 0 Å². The minimum Gasteiger partial charge on any atom is -0.411 e. The van der Waals surface area contributed by atoms with Crippen molar-refractivity contribution in [3.63, 3.8) is 0 Å². The highest BCUT2D eigenvalue weighted by atomic mass is 79.9. The molecule has 8 heteroatoms. The standard InChI is InChI=1S/C17H13BrN6O/c18-13-3-5-15(6-4-13)24-11-14(21-22-24)10-23-9-12(8-20-25)16-2-1-7-19-17(16)23/h1-9,11,25H,10H2/b20-8+. The Bertz CT molecular complexity index is 1050. The smallest absolute Gasteiger partial charge is 0.140 e. The van der Waals surface area contributed by atoms with Crippen LogP contribution < -0.4 is 0 Å². The van der Waals surface area contributed by atoms with Crippen molar-refractivity contribution in [2.75, 3.05) is 0 Å². The van der Waals surface area contributed by atoms with Gasteiger partial charge in [-0.2, -0.15) is 0 Å². The summed E-state index contributed by atoms with van der Waals surface area (Å²) in [6.45, 7) is 0.517. The molecule has 4 rings (SSSR count). The van der Waals surface area contributed by atoms with Crippen LogP contribution in [0.4, 0.5) is 0 Å². The van der Waals surface area contributed by atoms with Crippen LogP contribution in [0, 0.1) is 0 Å². The molecule has 124 valence electrons. The molecule has 7 nitrogen and oxygen atoms in total. The molecule has 0 fully saturated rings. The van der Waals surface area contributed by atoms with Crippen molar-refractivity contribution in [2.24, 2.45) is 5.16 Å². The zero-order valence-electron chi connectivity index (χ0n) is 13.0. The van der Waals surface area contributed by atoms with Crippen molar-refractivity contribution in [3.8, 4) is 5.69 Å². The Morgan fingerprint density at radius 1 is 1.16 bits per heavy atom. The fourth-order valence-electron chi connectivity index (χ4n) is 2.70. The maximum Gasteiger partial charge on any atom is 0.140 e. The minimum atomic E-state index is 0.517. The summed E-state index contributed by atoms with van der Waals surface area (Å²) in [5.41, 5.74) is 3.34. The second-order valence-electron chi connectivity index (χ2n) is 5.46. The van der Waals surface area contributed by atoms with Gasteiger partial charge in [-0.3, -0.25) is 0 Å². The summed E-state index contributed by atoms with van der Waals surface area (Å²) in [6.07, 6.45) is 6.91. The maximum atomic E-state index is 8.84. The van der Waals surface area contributed by atoms with E-state index in [1.807, 2.05) is 53.4 Å². The van der Waals surface area contributed by atoms with E-state index in [0.29, 0.717) is 6.54 Å². The van der Waals surface area contributed by atoms with E-state index in [0.717, 1.165) is 32.5 Å². The Kier molecular flexibility index (Phi) is 4.02. The molecular weight excluding hydrogens is 384 g/mol. The molecule has 1 N–H and O–H groups in total. The van der Waals surface area contributed by atoms with E-state index in [2.05, 4.69) is 36.4 Å². The van der Waals surface area contributed by atoms with Gasteiger partial charge >= 0.3 is 0 Å². The molecule has 3 aromatic heterocycles. The van der Waals surface area contributed by atoms with Gasteiger partial charge in [-0.25, -0.2) is 9.67 Å². The molecule has 0 bridgehead atoms. The Balaban J connectivity index is 1.67. The average Bonchev–Trinajstić information content (AvgIpc) is 3.22. The zero-order valence-corrected chi connectivity index (χ0v) is 14.6. The first kappa shape index (κ1) is 15.5. The number of hydrogen-bond acceptors (Lipinski definition) is 5. The summed E-state index contributed by atoms with van der Waals surface area (Å²) in [7, 11) is 0. The van der Waals surface area contributed by atoms with E-state index in [1.165, 1.54) is 6.21 Å². The topological polar surface area (TPSA) is 81.1 Å².